The molecule has 1 unspecified atom stereocenters. The quantitative estimate of drug-likeness (QED) is 0.0749. The van der Waals surface area contributed by atoms with Gasteiger partial charge in [0, 0.05) is 99.2 Å². The standard InChI is InChI=1S/C49H58BrN10O6P/c1-6-30-27-38(55-48-52-29-35(50)46(56-48)54-37-14-13-36-34(45(37)67(4,5)64)12-11-32(7-2)53-36)42(65-3)28-40(30)59-21-17-33(18-22-59)58-25-23-57(24-26-58)20-16-31-9-8-10-39-44(31)66-49(63)60(39)43-41(61)15-19-51-47(43)62/h8-14,27-29,33,43H,6-7,15-26H2,1-5H3,(H,51,62)(H2,52,54,55,56). The first-order valence-electron chi connectivity index (χ1n) is 23.2. The molecule has 0 radical (unpaired) electrons. The normalized spacial score (nSPS) is 17.9. The predicted molar refractivity (Wildman–Crippen MR) is 268 cm³/mol. The molecule has 3 aromatic heterocycles. The molecule has 1 atom stereocenters. The number of pyridine rings is 1. The van der Waals surface area contributed by atoms with Gasteiger partial charge in [0.15, 0.2) is 17.4 Å². The van der Waals surface area contributed by atoms with E-state index >= 15 is 0 Å². The number of hydrogen-bond donors (Lipinski definition) is 3. The molecule has 3 N–H and O–H groups in total. The summed E-state index contributed by atoms with van der Waals surface area (Å²) in [5.41, 5.74) is 7.47. The minimum Gasteiger partial charge on any atom is -0.494 e. The van der Waals surface area contributed by atoms with Crippen LogP contribution < -0.4 is 36.6 Å². The average molecular weight is 994 g/mol. The zero-order valence-electron chi connectivity index (χ0n) is 38.7. The van der Waals surface area contributed by atoms with Gasteiger partial charge in [-0.1, -0.05) is 32.0 Å². The van der Waals surface area contributed by atoms with Crippen molar-refractivity contribution in [2.45, 2.75) is 64.5 Å². The van der Waals surface area contributed by atoms with Crippen molar-refractivity contribution in [1.29, 1.82) is 0 Å². The lowest BCUT2D eigenvalue weighted by atomic mass is 9.99. The predicted octanol–water partition coefficient (Wildman–Crippen LogP) is 7.02. The molecule has 1 amide bonds. The molecule has 3 fully saturated rings. The van der Waals surface area contributed by atoms with Gasteiger partial charge in [-0.05, 0) is 103 Å². The number of rotatable bonds is 14. The van der Waals surface area contributed by atoms with Crippen LogP contribution in [-0.2, 0) is 33.4 Å². The van der Waals surface area contributed by atoms with Crippen molar-refractivity contribution in [2.24, 2.45) is 0 Å². The van der Waals surface area contributed by atoms with E-state index in [1.165, 1.54) is 15.8 Å². The second-order valence-electron chi connectivity index (χ2n) is 18.0. The molecule has 16 nitrogen and oxygen atoms in total. The Labute approximate surface area is 398 Å². The second kappa shape index (κ2) is 19.5. The summed E-state index contributed by atoms with van der Waals surface area (Å²) in [7, 11) is -1.06. The molecule has 0 aliphatic carbocycles. The van der Waals surface area contributed by atoms with Crippen molar-refractivity contribution < 1.29 is 23.3 Å². The Bertz CT molecular complexity index is 2940. The number of piperidine rings is 2. The van der Waals surface area contributed by atoms with Crippen LogP contribution in [-0.4, -0.2) is 120 Å². The van der Waals surface area contributed by atoms with Crippen LogP contribution in [0.5, 0.6) is 5.75 Å². The summed E-state index contributed by atoms with van der Waals surface area (Å²) in [5.74, 6) is 0.185. The van der Waals surface area contributed by atoms with Crippen molar-refractivity contribution in [3.05, 3.63) is 92.6 Å². The highest BCUT2D eigenvalue weighted by atomic mass is 79.9. The number of methoxy groups -OCH3 is 1. The van der Waals surface area contributed by atoms with Crippen LogP contribution in [0.3, 0.4) is 0 Å². The Kier molecular flexibility index (Phi) is 13.6. The Balaban J connectivity index is 0.819. The molecule has 3 aliphatic heterocycles. The van der Waals surface area contributed by atoms with E-state index in [2.05, 4.69) is 77.5 Å². The minimum atomic E-state index is -2.74. The van der Waals surface area contributed by atoms with Crippen LogP contribution in [0, 0.1) is 0 Å². The molecule has 9 rings (SSSR count). The van der Waals surface area contributed by atoms with Gasteiger partial charge in [0.1, 0.15) is 18.7 Å². The third kappa shape index (κ3) is 9.61. The topological polar surface area (TPSA) is 180 Å². The highest BCUT2D eigenvalue weighted by Crippen LogP contribution is 2.42. The van der Waals surface area contributed by atoms with E-state index < -0.39 is 24.8 Å². The number of ketones is 1. The third-order valence-electron chi connectivity index (χ3n) is 13.5. The van der Waals surface area contributed by atoms with Crippen LogP contribution in [0.15, 0.2) is 74.5 Å². The first kappa shape index (κ1) is 46.5. The number of halogens is 1. The first-order chi connectivity index (χ1) is 32.3. The van der Waals surface area contributed by atoms with Gasteiger partial charge in [-0.15, -0.1) is 0 Å². The van der Waals surface area contributed by atoms with E-state index in [-0.39, 0.29) is 18.7 Å². The Hall–Kier alpha value is -5.61. The van der Waals surface area contributed by atoms with E-state index in [1.807, 2.05) is 36.4 Å². The maximum atomic E-state index is 13.7. The number of Topliss-reactive ketones (excluding diaryl/α,β-unsaturated/α-hetero) is 1. The summed E-state index contributed by atoms with van der Waals surface area (Å²) in [6, 6.07) is 17.0. The molecule has 0 saturated carbocycles. The summed E-state index contributed by atoms with van der Waals surface area (Å²) >= 11 is 3.63. The van der Waals surface area contributed by atoms with Gasteiger partial charge in [0.2, 0.25) is 5.95 Å². The van der Waals surface area contributed by atoms with Crippen molar-refractivity contribution >= 4 is 90.9 Å². The fraction of sp³-hybridized carbons (Fsp3) is 0.429. The smallest absolute Gasteiger partial charge is 0.421 e. The van der Waals surface area contributed by atoms with Crippen molar-refractivity contribution in [2.75, 3.05) is 88.3 Å². The third-order valence-corrected chi connectivity index (χ3v) is 15.6. The van der Waals surface area contributed by atoms with Crippen LogP contribution in [0.1, 0.15) is 56.0 Å². The van der Waals surface area contributed by atoms with Crippen LogP contribution in [0.4, 0.5) is 28.8 Å². The maximum absolute atomic E-state index is 13.7. The molecule has 352 valence electrons. The molecule has 3 aromatic carbocycles. The Morgan fingerprint density at radius 3 is 2.42 bits per heavy atom. The van der Waals surface area contributed by atoms with Gasteiger partial charge < -0.3 is 39.5 Å². The number of benzene rings is 3. The lowest BCUT2D eigenvalue weighted by Crippen LogP contribution is -2.53. The highest BCUT2D eigenvalue weighted by molar-refractivity contribution is 9.10. The van der Waals surface area contributed by atoms with Gasteiger partial charge in [0.05, 0.1) is 34.0 Å². The fourth-order valence-electron chi connectivity index (χ4n) is 9.94. The van der Waals surface area contributed by atoms with Crippen molar-refractivity contribution in [3.63, 3.8) is 0 Å². The molecular weight excluding hydrogens is 935 g/mol. The van der Waals surface area contributed by atoms with Gasteiger partial charge in [-0.2, -0.15) is 4.98 Å². The summed E-state index contributed by atoms with van der Waals surface area (Å²) < 4.78 is 27.3. The number of carbonyl (C=O) groups excluding carboxylic acids is 2. The number of oxazole rings is 1. The van der Waals surface area contributed by atoms with Crippen molar-refractivity contribution in [3.8, 4) is 5.75 Å². The second-order valence-corrected chi connectivity index (χ2v) is 22.0. The largest absolute Gasteiger partial charge is 0.494 e. The number of anilines is 5. The van der Waals surface area contributed by atoms with Gasteiger partial charge in [-0.3, -0.25) is 24.0 Å². The lowest BCUT2D eigenvalue weighted by molar-refractivity contribution is -0.135. The monoisotopic (exact) mass is 992 g/mol. The molecule has 3 aliphatic rings. The van der Waals surface area contributed by atoms with E-state index in [0.717, 1.165) is 105 Å². The maximum Gasteiger partial charge on any atom is 0.421 e. The number of hydrogen-bond acceptors (Lipinski definition) is 14. The fourth-order valence-corrected chi connectivity index (χ4v) is 11.7. The average Bonchev–Trinajstić information content (AvgIpc) is 3.66. The minimum absolute atomic E-state index is 0.188. The van der Waals surface area contributed by atoms with E-state index in [1.54, 1.807) is 32.7 Å². The number of fused-ring (bicyclic) bond motifs is 2. The van der Waals surface area contributed by atoms with E-state index in [9.17, 15) is 18.9 Å². The number of para-hydroxylation sites is 1. The number of carbonyl (C=O) groups is 2. The SMILES string of the molecule is CCc1ccc2c(P(C)(C)=O)c(Nc3nc(Nc4cc(CC)c(N5CCC(N6CCN(CCc7cccc8c7oc(=O)n8C7C(=O)CCNC7=O)CC6)CC5)cc4OC)ncc3Br)ccc2n1. The van der Waals surface area contributed by atoms with E-state index in [4.69, 9.17) is 19.1 Å². The zero-order valence-corrected chi connectivity index (χ0v) is 41.2. The number of nitrogens with zero attached hydrogens (tertiary/aromatic N) is 7. The van der Waals surface area contributed by atoms with Crippen LogP contribution >= 0.6 is 23.1 Å². The van der Waals surface area contributed by atoms with Gasteiger partial charge in [0.25, 0.3) is 5.91 Å². The number of aromatic nitrogens is 4. The summed E-state index contributed by atoms with van der Waals surface area (Å²) in [4.78, 5) is 60.0. The summed E-state index contributed by atoms with van der Waals surface area (Å²) in [6.45, 7) is 14.7. The summed E-state index contributed by atoms with van der Waals surface area (Å²) in [5, 5.41) is 11.2. The molecule has 0 spiro atoms. The highest BCUT2D eigenvalue weighted by Gasteiger charge is 2.35. The zero-order chi connectivity index (χ0) is 47.0. The Morgan fingerprint density at radius 2 is 1.70 bits per heavy atom. The number of amides is 1. The first-order valence-corrected chi connectivity index (χ1v) is 26.6. The Morgan fingerprint density at radius 1 is 0.910 bits per heavy atom. The summed E-state index contributed by atoms with van der Waals surface area (Å²) in [6.07, 6.45) is 6.36. The van der Waals surface area contributed by atoms with Gasteiger partial charge in [-0.25, -0.2) is 9.78 Å². The number of ether oxygens (including phenoxy) is 1. The molecule has 3 saturated heterocycles. The molecule has 18 heteroatoms. The van der Waals surface area contributed by atoms with Gasteiger partial charge >= 0.3 is 5.76 Å². The molecule has 6 aromatic rings. The number of nitrogens with one attached hydrogen (secondary N) is 3. The number of piperazine rings is 1. The number of aryl methyl sites for hydroxylation is 2. The van der Waals surface area contributed by atoms with Crippen molar-refractivity contribution in [1.82, 2.24) is 34.6 Å². The molecule has 0 bridgehead atoms. The van der Waals surface area contributed by atoms with Crippen LogP contribution in [0.2, 0.25) is 0 Å². The van der Waals surface area contributed by atoms with Crippen LogP contribution in [0.25, 0.3) is 22.0 Å². The molecular formula is C49H58BrN10O6P. The lowest BCUT2D eigenvalue weighted by Gasteiger charge is -2.43. The molecule has 67 heavy (non-hydrogen) atoms. The molecule has 6 heterocycles. The van der Waals surface area contributed by atoms with E-state index in [0.29, 0.717) is 51.2 Å².